The molecular weight excluding hydrogens is 248 g/mol. The molecule has 20 heavy (non-hydrogen) atoms. The van der Waals surface area contributed by atoms with Gasteiger partial charge in [0.1, 0.15) is 0 Å². The fourth-order valence-electron chi connectivity index (χ4n) is 3.43. The smallest absolute Gasteiger partial charge is 0.246 e. The number of piperazine rings is 1. The summed E-state index contributed by atoms with van der Waals surface area (Å²) in [5.41, 5.74) is 3.03. The Kier molecular flexibility index (Phi) is 3.88. The van der Waals surface area contributed by atoms with Gasteiger partial charge < -0.3 is 4.90 Å². The van der Waals surface area contributed by atoms with Gasteiger partial charge in [-0.05, 0) is 36.5 Å². The second kappa shape index (κ2) is 5.80. The molecular formula is C17H22N2O. The molecule has 1 aromatic carbocycles. The van der Waals surface area contributed by atoms with Crippen molar-refractivity contribution < 1.29 is 4.79 Å². The summed E-state index contributed by atoms with van der Waals surface area (Å²) in [7, 11) is 0. The molecule has 0 aromatic heterocycles. The average molecular weight is 270 g/mol. The molecule has 1 unspecified atom stereocenters. The standard InChI is InChI=1S/C17H22N2O/c1-2-17(20)19-11-9-18(10-12-19)16-8-7-14-5-3-4-6-15(14)13-16/h2-6,16H,1,7-13H2. The van der Waals surface area contributed by atoms with E-state index in [2.05, 4.69) is 35.7 Å². The van der Waals surface area contributed by atoms with Gasteiger partial charge in [-0.2, -0.15) is 0 Å². The summed E-state index contributed by atoms with van der Waals surface area (Å²) >= 11 is 0. The van der Waals surface area contributed by atoms with Crippen molar-refractivity contribution in [1.82, 2.24) is 9.80 Å². The minimum Gasteiger partial charge on any atom is -0.337 e. The van der Waals surface area contributed by atoms with Gasteiger partial charge in [-0.1, -0.05) is 30.8 Å². The van der Waals surface area contributed by atoms with E-state index < -0.39 is 0 Å². The van der Waals surface area contributed by atoms with Gasteiger partial charge in [0, 0.05) is 32.2 Å². The number of rotatable bonds is 2. The lowest BCUT2D eigenvalue weighted by molar-refractivity contribution is -0.128. The zero-order valence-corrected chi connectivity index (χ0v) is 11.9. The van der Waals surface area contributed by atoms with Crippen molar-refractivity contribution in [3.63, 3.8) is 0 Å². The molecule has 3 nitrogen and oxygen atoms in total. The topological polar surface area (TPSA) is 23.6 Å². The lowest BCUT2D eigenvalue weighted by atomic mass is 9.87. The van der Waals surface area contributed by atoms with E-state index in [1.54, 1.807) is 0 Å². The van der Waals surface area contributed by atoms with E-state index in [4.69, 9.17) is 0 Å². The minimum absolute atomic E-state index is 0.0682. The Balaban J connectivity index is 1.60. The van der Waals surface area contributed by atoms with E-state index in [1.165, 1.54) is 30.0 Å². The maximum absolute atomic E-state index is 11.6. The Bertz CT molecular complexity index is 503. The average Bonchev–Trinajstić information content (AvgIpc) is 2.54. The molecule has 1 fully saturated rings. The number of nitrogens with zero attached hydrogens (tertiary/aromatic N) is 2. The molecule has 3 rings (SSSR count). The van der Waals surface area contributed by atoms with Crippen LogP contribution in [0, 0.1) is 0 Å². The molecule has 1 aromatic rings. The van der Waals surface area contributed by atoms with Crippen molar-refractivity contribution in [3.8, 4) is 0 Å². The van der Waals surface area contributed by atoms with E-state index in [0.29, 0.717) is 6.04 Å². The van der Waals surface area contributed by atoms with E-state index in [9.17, 15) is 4.79 Å². The van der Waals surface area contributed by atoms with Crippen molar-refractivity contribution in [2.75, 3.05) is 26.2 Å². The predicted molar refractivity (Wildman–Crippen MR) is 80.6 cm³/mol. The van der Waals surface area contributed by atoms with Gasteiger partial charge in [0.15, 0.2) is 0 Å². The van der Waals surface area contributed by atoms with Crippen LogP contribution in [0.15, 0.2) is 36.9 Å². The summed E-state index contributed by atoms with van der Waals surface area (Å²) in [6, 6.07) is 9.44. The highest BCUT2D eigenvalue weighted by molar-refractivity contribution is 5.87. The highest BCUT2D eigenvalue weighted by Crippen LogP contribution is 2.25. The zero-order valence-electron chi connectivity index (χ0n) is 11.9. The molecule has 2 aliphatic rings. The highest BCUT2D eigenvalue weighted by atomic mass is 16.2. The third-order valence-corrected chi connectivity index (χ3v) is 4.64. The van der Waals surface area contributed by atoms with Crippen LogP contribution < -0.4 is 0 Å². The Morgan fingerprint density at radius 3 is 2.55 bits per heavy atom. The molecule has 3 heteroatoms. The summed E-state index contributed by atoms with van der Waals surface area (Å²) in [6.07, 6.45) is 5.01. The number of benzene rings is 1. The lowest BCUT2D eigenvalue weighted by Gasteiger charge is -2.40. The first kappa shape index (κ1) is 13.4. The Morgan fingerprint density at radius 2 is 1.85 bits per heavy atom. The number of hydrogen-bond acceptors (Lipinski definition) is 2. The lowest BCUT2D eigenvalue weighted by Crippen LogP contribution is -2.52. The number of aryl methyl sites for hydroxylation is 1. The summed E-state index contributed by atoms with van der Waals surface area (Å²) in [5.74, 6) is 0.0682. The second-order valence-electron chi connectivity index (χ2n) is 5.73. The normalized spacial score (nSPS) is 23.2. The van der Waals surface area contributed by atoms with Crippen LogP contribution in [0.2, 0.25) is 0 Å². The molecule has 1 heterocycles. The van der Waals surface area contributed by atoms with Crippen molar-refractivity contribution >= 4 is 5.91 Å². The third-order valence-electron chi connectivity index (χ3n) is 4.64. The van der Waals surface area contributed by atoms with E-state index in [0.717, 1.165) is 32.6 Å². The van der Waals surface area contributed by atoms with Crippen LogP contribution in [0.1, 0.15) is 17.5 Å². The maximum Gasteiger partial charge on any atom is 0.246 e. The van der Waals surface area contributed by atoms with Gasteiger partial charge in [0.2, 0.25) is 5.91 Å². The number of fused-ring (bicyclic) bond motifs is 1. The van der Waals surface area contributed by atoms with E-state index >= 15 is 0 Å². The molecule has 1 amide bonds. The summed E-state index contributed by atoms with van der Waals surface area (Å²) < 4.78 is 0. The molecule has 1 atom stereocenters. The van der Waals surface area contributed by atoms with Gasteiger partial charge in [-0.25, -0.2) is 0 Å². The van der Waals surface area contributed by atoms with Crippen LogP contribution in [-0.4, -0.2) is 47.9 Å². The first-order chi connectivity index (χ1) is 9.78. The number of amides is 1. The Labute approximate surface area is 120 Å². The fraction of sp³-hybridized carbons (Fsp3) is 0.471. The molecule has 0 radical (unpaired) electrons. The molecule has 1 saturated heterocycles. The minimum atomic E-state index is 0.0682. The van der Waals surface area contributed by atoms with Crippen molar-refractivity contribution in [2.45, 2.75) is 25.3 Å². The van der Waals surface area contributed by atoms with Crippen molar-refractivity contribution in [2.24, 2.45) is 0 Å². The highest BCUT2D eigenvalue weighted by Gasteiger charge is 2.27. The first-order valence-corrected chi connectivity index (χ1v) is 7.50. The van der Waals surface area contributed by atoms with Gasteiger partial charge >= 0.3 is 0 Å². The number of carbonyl (C=O) groups excluding carboxylic acids is 1. The SMILES string of the molecule is C=CC(=O)N1CCN(C2CCc3ccccc3C2)CC1. The van der Waals surface area contributed by atoms with Crippen LogP contribution >= 0.6 is 0 Å². The van der Waals surface area contributed by atoms with E-state index in [-0.39, 0.29) is 5.91 Å². The molecule has 1 aliphatic heterocycles. The van der Waals surface area contributed by atoms with Crippen LogP contribution in [0.3, 0.4) is 0 Å². The van der Waals surface area contributed by atoms with Crippen LogP contribution in [-0.2, 0) is 17.6 Å². The van der Waals surface area contributed by atoms with Gasteiger partial charge in [-0.15, -0.1) is 0 Å². The maximum atomic E-state index is 11.6. The third kappa shape index (κ3) is 2.63. The molecule has 0 spiro atoms. The van der Waals surface area contributed by atoms with Crippen LogP contribution in [0.5, 0.6) is 0 Å². The molecule has 0 saturated carbocycles. The van der Waals surface area contributed by atoms with Crippen LogP contribution in [0.4, 0.5) is 0 Å². The fourth-order valence-corrected chi connectivity index (χ4v) is 3.43. The summed E-state index contributed by atoms with van der Waals surface area (Å²) in [4.78, 5) is 16.1. The summed E-state index contributed by atoms with van der Waals surface area (Å²) in [5, 5.41) is 0. The van der Waals surface area contributed by atoms with Gasteiger partial charge in [0.25, 0.3) is 0 Å². The molecule has 1 aliphatic carbocycles. The Morgan fingerprint density at radius 1 is 1.15 bits per heavy atom. The monoisotopic (exact) mass is 270 g/mol. The Hall–Kier alpha value is -1.61. The van der Waals surface area contributed by atoms with Crippen molar-refractivity contribution in [1.29, 1.82) is 0 Å². The van der Waals surface area contributed by atoms with E-state index in [1.807, 2.05) is 4.90 Å². The first-order valence-electron chi connectivity index (χ1n) is 7.50. The zero-order chi connectivity index (χ0) is 13.9. The number of hydrogen-bond donors (Lipinski definition) is 0. The quantitative estimate of drug-likeness (QED) is 0.766. The van der Waals surface area contributed by atoms with Gasteiger partial charge in [0.05, 0.1) is 0 Å². The molecule has 0 N–H and O–H groups in total. The van der Waals surface area contributed by atoms with Crippen molar-refractivity contribution in [3.05, 3.63) is 48.0 Å². The number of carbonyl (C=O) groups is 1. The summed E-state index contributed by atoms with van der Waals surface area (Å²) in [6.45, 7) is 7.22. The van der Waals surface area contributed by atoms with Crippen LogP contribution in [0.25, 0.3) is 0 Å². The molecule has 106 valence electrons. The van der Waals surface area contributed by atoms with Gasteiger partial charge in [-0.3, -0.25) is 9.69 Å². The predicted octanol–water partition coefficient (Wildman–Crippen LogP) is 1.87. The second-order valence-corrected chi connectivity index (χ2v) is 5.73. The largest absolute Gasteiger partial charge is 0.337 e. The molecule has 0 bridgehead atoms.